The summed E-state index contributed by atoms with van der Waals surface area (Å²) in [6.45, 7) is 3.32. The number of ether oxygens (including phenoxy) is 2. The van der Waals surface area contributed by atoms with E-state index in [9.17, 15) is 13.2 Å². The molecule has 1 saturated heterocycles. The quantitative estimate of drug-likeness (QED) is 0.442. The molecule has 0 unspecified atom stereocenters. The lowest BCUT2D eigenvalue weighted by Gasteiger charge is -2.34. The molecule has 3 aromatic rings. The summed E-state index contributed by atoms with van der Waals surface area (Å²) in [6, 6.07) is 11.1. The minimum atomic E-state index is -4.35. The predicted octanol–water partition coefficient (Wildman–Crippen LogP) is 4.68. The van der Waals surface area contributed by atoms with Crippen LogP contribution in [0.5, 0.6) is 11.5 Å². The van der Waals surface area contributed by atoms with Gasteiger partial charge in [-0.15, -0.1) is 5.10 Å². The Bertz CT molecular complexity index is 1190. The summed E-state index contributed by atoms with van der Waals surface area (Å²) in [6.07, 6.45) is -4.35. The number of aromatic nitrogens is 2. The van der Waals surface area contributed by atoms with Crippen molar-refractivity contribution in [1.82, 2.24) is 19.6 Å². The van der Waals surface area contributed by atoms with E-state index in [0.717, 1.165) is 6.07 Å². The lowest BCUT2D eigenvalue weighted by Crippen LogP contribution is -2.46. The van der Waals surface area contributed by atoms with Crippen LogP contribution in [-0.4, -0.2) is 60.0 Å². The van der Waals surface area contributed by atoms with Gasteiger partial charge in [-0.05, 0) is 42.0 Å². The van der Waals surface area contributed by atoms with Gasteiger partial charge in [-0.25, -0.2) is 4.68 Å². The predicted molar refractivity (Wildman–Crippen MR) is 122 cm³/mol. The minimum Gasteiger partial charge on any atom is -0.493 e. The molecule has 0 spiro atoms. The van der Waals surface area contributed by atoms with Crippen LogP contribution in [0.25, 0.3) is 11.5 Å². The molecule has 0 N–H and O–H groups in total. The molecule has 2 heterocycles. The van der Waals surface area contributed by atoms with Gasteiger partial charge in [0.15, 0.2) is 11.5 Å². The standard InChI is InChI=1S/C23H25F3N4O3S/c1-31-19-8-7-16(13-20(19)32-2)21-27-30(22(34)33-21)15-29-11-9-28(10-12-29)14-17-5-3-4-6-18(17)23(24,25)26/h3-8,13H,9-12,14-15H2,1-2H3. The van der Waals surface area contributed by atoms with Gasteiger partial charge in [-0.1, -0.05) is 18.2 Å². The van der Waals surface area contributed by atoms with Crippen molar-refractivity contribution in [3.05, 3.63) is 58.4 Å². The zero-order chi connectivity index (χ0) is 24.3. The summed E-state index contributed by atoms with van der Waals surface area (Å²) in [5, 5.41) is 4.50. The highest BCUT2D eigenvalue weighted by molar-refractivity contribution is 7.71. The van der Waals surface area contributed by atoms with Gasteiger partial charge in [0.25, 0.3) is 4.84 Å². The fourth-order valence-corrected chi connectivity index (χ4v) is 4.11. The van der Waals surface area contributed by atoms with E-state index in [1.807, 2.05) is 11.0 Å². The van der Waals surface area contributed by atoms with Gasteiger partial charge in [0, 0.05) is 38.3 Å². The van der Waals surface area contributed by atoms with Crippen molar-refractivity contribution in [3.63, 3.8) is 0 Å². The van der Waals surface area contributed by atoms with E-state index >= 15 is 0 Å². The van der Waals surface area contributed by atoms with Crippen LogP contribution < -0.4 is 9.47 Å². The van der Waals surface area contributed by atoms with Crippen LogP contribution in [0.1, 0.15) is 11.1 Å². The fourth-order valence-electron chi connectivity index (χ4n) is 3.94. The van der Waals surface area contributed by atoms with Gasteiger partial charge in [-0.2, -0.15) is 13.2 Å². The number of benzene rings is 2. The van der Waals surface area contributed by atoms with E-state index in [2.05, 4.69) is 10.00 Å². The Balaban J connectivity index is 1.38. The third-order valence-corrected chi connectivity index (χ3v) is 6.05. The number of rotatable bonds is 7. The number of halogens is 3. The lowest BCUT2D eigenvalue weighted by molar-refractivity contribution is -0.138. The van der Waals surface area contributed by atoms with E-state index < -0.39 is 11.7 Å². The minimum absolute atomic E-state index is 0.242. The number of hydrogen-bond acceptors (Lipinski definition) is 7. The monoisotopic (exact) mass is 494 g/mol. The number of piperazine rings is 1. The second-order valence-corrected chi connectivity index (χ2v) is 8.28. The zero-order valence-corrected chi connectivity index (χ0v) is 19.7. The zero-order valence-electron chi connectivity index (χ0n) is 18.8. The molecule has 0 amide bonds. The molecule has 1 fully saturated rings. The molecule has 0 aliphatic carbocycles. The maximum absolute atomic E-state index is 13.3. The molecule has 7 nitrogen and oxygen atoms in total. The van der Waals surface area contributed by atoms with Gasteiger partial charge in [0.05, 0.1) is 26.5 Å². The average molecular weight is 495 g/mol. The van der Waals surface area contributed by atoms with Crippen LogP contribution in [-0.2, 0) is 19.4 Å². The highest BCUT2D eigenvalue weighted by atomic mass is 32.1. The van der Waals surface area contributed by atoms with E-state index in [4.69, 9.17) is 26.1 Å². The molecular weight excluding hydrogens is 469 g/mol. The Labute approximate surface area is 200 Å². The fraction of sp³-hybridized carbons (Fsp3) is 0.391. The van der Waals surface area contributed by atoms with E-state index in [0.29, 0.717) is 61.4 Å². The molecule has 0 radical (unpaired) electrons. The molecule has 182 valence electrons. The number of nitrogens with zero attached hydrogens (tertiary/aromatic N) is 4. The first-order chi connectivity index (χ1) is 16.3. The van der Waals surface area contributed by atoms with Crippen molar-refractivity contribution in [2.75, 3.05) is 40.4 Å². The molecule has 2 aromatic carbocycles. The normalized spacial score (nSPS) is 15.4. The van der Waals surface area contributed by atoms with Crippen molar-refractivity contribution in [1.29, 1.82) is 0 Å². The maximum atomic E-state index is 13.3. The maximum Gasteiger partial charge on any atom is 0.416 e. The molecule has 0 atom stereocenters. The number of hydrogen-bond donors (Lipinski definition) is 0. The van der Waals surface area contributed by atoms with Crippen LogP contribution in [0.4, 0.5) is 13.2 Å². The Hall–Kier alpha value is -2.89. The highest BCUT2D eigenvalue weighted by Crippen LogP contribution is 2.33. The Kier molecular flexibility index (Phi) is 7.24. The molecule has 0 saturated carbocycles. The van der Waals surface area contributed by atoms with Crippen molar-refractivity contribution in [3.8, 4) is 23.0 Å². The molecule has 1 aliphatic rings. The first kappa shape index (κ1) is 24.2. The Morgan fingerprint density at radius 1 is 0.971 bits per heavy atom. The molecule has 4 rings (SSSR count). The van der Waals surface area contributed by atoms with Gasteiger partial charge in [0.1, 0.15) is 0 Å². The lowest BCUT2D eigenvalue weighted by atomic mass is 10.1. The second kappa shape index (κ2) is 10.2. The van der Waals surface area contributed by atoms with E-state index in [1.165, 1.54) is 6.07 Å². The SMILES string of the molecule is COc1ccc(-c2nn(CN3CCN(Cc4ccccc4C(F)(F)F)CC3)c(=S)o2)cc1OC. The van der Waals surface area contributed by atoms with Gasteiger partial charge >= 0.3 is 6.18 Å². The third kappa shape index (κ3) is 5.43. The summed E-state index contributed by atoms with van der Waals surface area (Å²) in [5.74, 6) is 1.52. The Morgan fingerprint density at radius 3 is 2.32 bits per heavy atom. The largest absolute Gasteiger partial charge is 0.493 e. The summed E-state index contributed by atoms with van der Waals surface area (Å²) in [4.78, 5) is 4.41. The Morgan fingerprint density at radius 2 is 1.65 bits per heavy atom. The van der Waals surface area contributed by atoms with Crippen LogP contribution in [0.15, 0.2) is 46.9 Å². The topological polar surface area (TPSA) is 55.9 Å². The summed E-state index contributed by atoms with van der Waals surface area (Å²) < 4.78 is 57.7. The van der Waals surface area contributed by atoms with Crippen molar-refractivity contribution >= 4 is 12.2 Å². The van der Waals surface area contributed by atoms with E-state index in [-0.39, 0.29) is 11.4 Å². The average Bonchev–Trinajstić information content (AvgIpc) is 3.19. The highest BCUT2D eigenvalue weighted by Gasteiger charge is 2.33. The van der Waals surface area contributed by atoms with Crippen LogP contribution in [0.3, 0.4) is 0 Å². The van der Waals surface area contributed by atoms with Crippen molar-refractivity contribution in [2.45, 2.75) is 19.4 Å². The molecule has 34 heavy (non-hydrogen) atoms. The van der Waals surface area contributed by atoms with Crippen LogP contribution in [0.2, 0.25) is 0 Å². The van der Waals surface area contributed by atoms with E-state index in [1.54, 1.807) is 43.2 Å². The third-order valence-electron chi connectivity index (χ3n) is 5.75. The van der Waals surface area contributed by atoms with Crippen LogP contribution in [0, 0.1) is 4.84 Å². The van der Waals surface area contributed by atoms with Gasteiger partial charge in [-0.3, -0.25) is 9.80 Å². The number of alkyl halides is 3. The first-order valence-electron chi connectivity index (χ1n) is 10.7. The number of methoxy groups -OCH3 is 2. The van der Waals surface area contributed by atoms with Crippen LogP contribution >= 0.6 is 12.2 Å². The summed E-state index contributed by atoms with van der Waals surface area (Å²) in [5.41, 5.74) is 0.423. The van der Waals surface area contributed by atoms with Gasteiger partial charge < -0.3 is 13.9 Å². The molecule has 11 heteroatoms. The summed E-state index contributed by atoms with van der Waals surface area (Å²) in [7, 11) is 3.12. The molecule has 1 aromatic heterocycles. The van der Waals surface area contributed by atoms with Crippen molar-refractivity contribution < 1.29 is 27.1 Å². The summed E-state index contributed by atoms with van der Waals surface area (Å²) >= 11 is 5.34. The molecule has 1 aliphatic heterocycles. The molecular formula is C23H25F3N4O3S. The smallest absolute Gasteiger partial charge is 0.416 e. The molecule has 0 bridgehead atoms. The first-order valence-corrected chi connectivity index (χ1v) is 11.1. The van der Waals surface area contributed by atoms with Crippen molar-refractivity contribution in [2.24, 2.45) is 0 Å². The van der Waals surface area contributed by atoms with Gasteiger partial charge in [0.2, 0.25) is 5.89 Å². The second-order valence-electron chi connectivity index (χ2n) is 7.93.